The lowest BCUT2D eigenvalue weighted by Crippen LogP contribution is -2.40. The van der Waals surface area contributed by atoms with Crippen molar-refractivity contribution in [3.05, 3.63) is 124 Å². The number of aromatic nitrogens is 1. The quantitative estimate of drug-likeness (QED) is 0.0912. The van der Waals surface area contributed by atoms with Crippen molar-refractivity contribution < 1.29 is 38.0 Å². The molecule has 6 rings (SSSR count). The Hall–Kier alpha value is -5.15. The number of esters is 2. The van der Waals surface area contributed by atoms with Crippen LogP contribution in [0, 0.1) is 3.57 Å². The van der Waals surface area contributed by atoms with E-state index in [0.717, 1.165) is 25.5 Å². The average molecular weight is 863 g/mol. The topological polar surface area (TPSA) is 124 Å². The van der Waals surface area contributed by atoms with Gasteiger partial charge in [0.2, 0.25) is 0 Å². The van der Waals surface area contributed by atoms with Crippen molar-refractivity contribution in [1.82, 2.24) is 4.57 Å². The minimum absolute atomic E-state index is 0.139. The highest BCUT2D eigenvalue weighted by Gasteiger charge is 2.34. The van der Waals surface area contributed by atoms with E-state index in [2.05, 4.69) is 46.9 Å². The summed E-state index contributed by atoms with van der Waals surface area (Å²) in [6.07, 6.45) is 1.79. The number of thiazole rings is 1. The van der Waals surface area contributed by atoms with Crippen molar-refractivity contribution in [2.45, 2.75) is 40.3 Å². The van der Waals surface area contributed by atoms with Crippen molar-refractivity contribution in [2.75, 3.05) is 33.5 Å². The Morgan fingerprint density at radius 1 is 0.889 bits per heavy atom. The zero-order valence-corrected chi connectivity index (χ0v) is 33.4. The SMILES string of the molecule is CCOC(=O)C1=C(C)N=c2s/c(=C/c3cc(I)c(OCc4cccc5ccccc45)c(OCC)c3)c(=O)n2[C@@H]1c1ccc(OCC(=O)OC)c(OCC)c1. The molecule has 0 fully saturated rings. The first-order valence-electron chi connectivity index (χ1n) is 17.4. The molecule has 280 valence electrons. The first kappa shape index (κ1) is 38.6. The van der Waals surface area contributed by atoms with Crippen LogP contribution < -0.4 is 33.8 Å². The zero-order chi connectivity index (χ0) is 38.4. The standard InChI is InChI=1S/C41H39IN2O9S/c1-6-49-32-21-27(16-17-31(32)52-23-35(45)48-5)37-36(40(47)51-8-3)24(4)43-41-44(37)39(46)34(54-41)20-25-18-30(42)38(33(19-25)50-7-2)53-22-28-14-11-13-26-12-9-10-15-29(26)28/h9-21,37H,6-8,22-23H2,1-5H3/b34-20+/t37-/m1/s1. The number of carbonyl (C=O) groups excluding carboxylic acids is 2. The summed E-state index contributed by atoms with van der Waals surface area (Å²) in [5.74, 6) is 0.670. The predicted octanol–water partition coefficient (Wildman–Crippen LogP) is 6.48. The summed E-state index contributed by atoms with van der Waals surface area (Å²) in [5.41, 5.74) is 2.66. The van der Waals surface area contributed by atoms with Gasteiger partial charge in [0.15, 0.2) is 34.4 Å². The molecule has 0 bridgehead atoms. The van der Waals surface area contributed by atoms with Gasteiger partial charge in [0, 0.05) is 0 Å². The number of ether oxygens (including phenoxy) is 6. The fourth-order valence-corrected chi connectivity index (χ4v) is 8.01. The monoisotopic (exact) mass is 862 g/mol. The fourth-order valence-electron chi connectivity index (χ4n) is 6.18. The summed E-state index contributed by atoms with van der Waals surface area (Å²) in [6.45, 7) is 8.05. The van der Waals surface area contributed by atoms with E-state index in [9.17, 15) is 14.4 Å². The molecular formula is C41H39IN2O9S. The van der Waals surface area contributed by atoms with Crippen molar-refractivity contribution >= 4 is 62.7 Å². The molecule has 0 saturated heterocycles. The molecule has 0 amide bonds. The minimum atomic E-state index is -0.889. The summed E-state index contributed by atoms with van der Waals surface area (Å²) in [5, 5.41) is 2.26. The number of hydrogen-bond acceptors (Lipinski definition) is 11. The Morgan fingerprint density at radius 3 is 2.41 bits per heavy atom. The van der Waals surface area contributed by atoms with Gasteiger partial charge in [-0.2, -0.15) is 0 Å². The van der Waals surface area contributed by atoms with E-state index in [1.54, 1.807) is 38.1 Å². The Labute approximate surface area is 329 Å². The van der Waals surface area contributed by atoms with Gasteiger partial charge in [0.05, 0.1) is 52.3 Å². The summed E-state index contributed by atoms with van der Waals surface area (Å²) >= 11 is 3.44. The van der Waals surface area contributed by atoms with Gasteiger partial charge in [-0.25, -0.2) is 14.6 Å². The molecule has 0 unspecified atom stereocenters. The second-order valence-electron chi connectivity index (χ2n) is 12.0. The van der Waals surface area contributed by atoms with Gasteiger partial charge in [-0.15, -0.1) is 0 Å². The summed E-state index contributed by atoms with van der Waals surface area (Å²) < 4.78 is 36.9. The third-order valence-corrected chi connectivity index (χ3v) is 10.3. The van der Waals surface area contributed by atoms with E-state index in [-0.39, 0.29) is 24.3 Å². The maximum atomic E-state index is 14.4. The number of halogens is 1. The van der Waals surface area contributed by atoms with Gasteiger partial charge in [-0.3, -0.25) is 9.36 Å². The van der Waals surface area contributed by atoms with Gasteiger partial charge < -0.3 is 28.4 Å². The molecule has 1 atom stereocenters. The van der Waals surface area contributed by atoms with Crippen LogP contribution in [0.3, 0.4) is 0 Å². The van der Waals surface area contributed by atoms with Crippen LogP contribution >= 0.6 is 33.9 Å². The normalized spacial score (nSPS) is 14.0. The van der Waals surface area contributed by atoms with Gasteiger partial charge in [0.25, 0.3) is 5.56 Å². The third kappa shape index (κ3) is 8.16. The summed E-state index contributed by atoms with van der Waals surface area (Å²) in [7, 11) is 1.27. The second kappa shape index (κ2) is 17.3. The molecule has 1 aromatic heterocycles. The predicted molar refractivity (Wildman–Crippen MR) is 214 cm³/mol. The Bertz CT molecular complexity index is 2430. The van der Waals surface area contributed by atoms with Crippen LogP contribution in [0.2, 0.25) is 0 Å². The highest BCUT2D eigenvalue weighted by molar-refractivity contribution is 14.1. The molecule has 4 aromatic carbocycles. The highest BCUT2D eigenvalue weighted by Crippen LogP contribution is 2.38. The highest BCUT2D eigenvalue weighted by atomic mass is 127. The first-order chi connectivity index (χ1) is 26.2. The van der Waals surface area contributed by atoms with Crippen LogP contribution in [0.1, 0.15) is 50.4 Å². The van der Waals surface area contributed by atoms with Crippen LogP contribution in [-0.4, -0.2) is 50.0 Å². The number of allylic oxidation sites excluding steroid dienone is 1. The lowest BCUT2D eigenvalue weighted by Gasteiger charge is -2.25. The van der Waals surface area contributed by atoms with Crippen molar-refractivity contribution in [3.63, 3.8) is 0 Å². The molecule has 0 aliphatic carbocycles. The molecule has 11 nitrogen and oxygen atoms in total. The maximum absolute atomic E-state index is 14.4. The molecule has 13 heteroatoms. The number of hydrogen-bond donors (Lipinski definition) is 0. The van der Waals surface area contributed by atoms with E-state index in [4.69, 9.17) is 33.4 Å². The number of fused-ring (bicyclic) bond motifs is 2. The average Bonchev–Trinajstić information content (AvgIpc) is 3.46. The van der Waals surface area contributed by atoms with E-state index in [1.165, 1.54) is 23.0 Å². The Balaban J connectivity index is 1.41. The second-order valence-corrected chi connectivity index (χ2v) is 14.2. The fraction of sp³-hybridized carbons (Fsp3) is 0.268. The van der Waals surface area contributed by atoms with E-state index < -0.39 is 18.0 Å². The zero-order valence-electron chi connectivity index (χ0n) is 30.5. The number of benzene rings is 4. The summed E-state index contributed by atoms with van der Waals surface area (Å²) in [4.78, 5) is 44.8. The van der Waals surface area contributed by atoms with Crippen LogP contribution in [0.4, 0.5) is 0 Å². The van der Waals surface area contributed by atoms with Gasteiger partial charge >= 0.3 is 11.9 Å². The number of methoxy groups -OCH3 is 1. The molecule has 0 N–H and O–H groups in total. The molecule has 0 spiro atoms. The van der Waals surface area contributed by atoms with Crippen molar-refractivity contribution in [2.24, 2.45) is 4.99 Å². The third-order valence-electron chi connectivity index (χ3n) is 8.55. The lowest BCUT2D eigenvalue weighted by molar-refractivity contribution is -0.143. The lowest BCUT2D eigenvalue weighted by atomic mass is 9.95. The van der Waals surface area contributed by atoms with Gasteiger partial charge in [-0.05, 0) is 108 Å². The van der Waals surface area contributed by atoms with E-state index >= 15 is 0 Å². The smallest absolute Gasteiger partial charge is 0.343 e. The summed E-state index contributed by atoms with van der Waals surface area (Å²) in [6, 6.07) is 22.3. The molecule has 1 aliphatic rings. The molecule has 5 aromatic rings. The minimum Gasteiger partial charge on any atom is -0.490 e. The van der Waals surface area contributed by atoms with Crippen LogP contribution in [0.25, 0.3) is 16.8 Å². The molecule has 0 radical (unpaired) electrons. The first-order valence-corrected chi connectivity index (χ1v) is 19.3. The number of nitrogens with zero attached hydrogens (tertiary/aromatic N) is 2. The molecule has 1 aliphatic heterocycles. The number of carbonyl (C=O) groups is 2. The van der Waals surface area contributed by atoms with E-state index in [1.807, 2.05) is 44.2 Å². The molecule has 0 saturated carbocycles. The molecular weight excluding hydrogens is 823 g/mol. The Kier molecular flexibility index (Phi) is 12.4. The van der Waals surface area contributed by atoms with Crippen molar-refractivity contribution in [3.8, 4) is 23.0 Å². The van der Waals surface area contributed by atoms with Crippen molar-refractivity contribution in [1.29, 1.82) is 0 Å². The van der Waals surface area contributed by atoms with Crippen LogP contribution in [0.15, 0.2) is 93.9 Å². The van der Waals surface area contributed by atoms with Gasteiger partial charge in [0.1, 0.15) is 6.61 Å². The van der Waals surface area contributed by atoms with Gasteiger partial charge in [-0.1, -0.05) is 59.9 Å². The van der Waals surface area contributed by atoms with Crippen LogP contribution in [-0.2, 0) is 25.7 Å². The molecule has 54 heavy (non-hydrogen) atoms. The maximum Gasteiger partial charge on any atom is 0.343 e. The number of rotatable bonds is 14. The Morgan fingerprint density at radius 2 is 1.65 bits per heavy atom. The van der Waals surface area contributed by atoms with E-state index in [0.29, 0.717) is 63.4 Å². The largest absolute Gasteiger partial charge is 0.490 e. The molecule has 2 heterocycles. The van der Waals surface area contributed by atoms with Crippen LogP contribution in [0.5, 0.6) is 23.0 Å².